The molecule has 2 N–H and O–H groups in total. The largest absolute Gasteiger partial charge is 0.349 e. The van der Waals surface area contributed by atoms with E-state index in [1.807, 2.05) is 12.1 Å². The van der Waals surface area contributed by atoms with Crippen LogP contribution >= 0.6 is 22.9 Å². The molecule has 24 heavy (non-hydrogen) atoms. The van der Waals surface area contributed by atoms with Crippen LogP contribution in [0.2, 0.25) is 5.02 Å². The highest BCUT2D eigenvalue weighted by Gasteiger charge is 2.27. The van der Waals surface area contributed by atoms with E-state index in [1.165, 1.54) is 11.3 Å². The Kier molecular flexibility index (Phi) is 4.77. The van der Waals surface area contributed by atoms with E-state index >= 15 is 0 Å². The molecule has 124 valence electrons. The van der Waals surface area contributed by atoms with E-state index in [0.29, 0.717) is 15.7 Å². The van der Waals surface area contributed by atoms with Crippen molar-refractivity contribution in [1.82, 2.24) is 20.5 Å². The highest BCUT2D eigenvalue weighted by molar-refractivity contribution is 7.13. The van der Waals surface area contributed by atoms with Gasteiger partial charge in [-0.15, -0.1) is 11.3 Å². The van der Waals surface area contributed by atoms with Gasteiger partial charge in [-0.3, -0.25) is 14.5 Å². The maximum atomic E-state index is 12.1. The average Bonchev–Trinajstić information content (AvgIpc) is 3.17. The summed E-state index contributed by atoms with van der Waals surface area (Å²) in [5, 5.41) is 8.08. The van der Waals surface area contributed by atoms with Crippen molar-refractivity contribution in [1.29, 1.82) is 0 Å². The van der Waals surface area contributed by atoms with E-state index in [-0.39, 0.29) is 31.4 Å². The summed E-state index contributed by atoms with van der Waals surface area (Å²) in [6.45, 7) is 0.305. The Morgan fingerprint density at radius 1 is 1.33 bits per heavy atom. The SMILES string of the molecule is O=C(NCCN1C(=O)CNC1=O)c1csc(-c2ccc(Cl)cc2)n1. The smallest absolute Gasteiger partial charge is 0.324 e. The van der Waals surface area contributed by atoms with Gasteiger partial charge < -0.3 is 10.6 Å². The number of benzene rings is 1. The van der Waals surface area contributed by atoms with Gasteiger partial charge in [-0.05, 0) is 12.1 Å². The Morgan fingerprint density at radius 3 is 2.75 bits per heavy atom. The van der Waals surface area contributed by atoms with Crippen molar-refractivity contribution in [2.24, 2.45) is 0 Å². The second-order valence-corrected chi connectivity index (χ2v) is 6.30. The molecule has 0 saturated carbocycles. The van der Waals surface area contributed by atoms with Gasteiger partial charge in [-0.2, -0.15) is 0 Å². The van der Waals surface area contributed by atoms with Crippen LogP contribution in [0.5, 0.6) is 0 Å². The second kappa shape index (κ2) is 6.98. The number of halogens is 1. The summed E-state index contributed by atoms with van der Waals surface area (Å²) in [7, 11) is 0. The van der Waals surface area contributed by atoms with Crippen molar-refractivity contribution in [3.63, 3.8) is 0 Å². The average molecular weight is 365 g/mol. The molecule has 3 rings (SSSR count). The van der Waals surface area contributed by atoms with E-state index in [4.69, 9.17) is 11.6 Å². The molecular formula is C15H13ClN4O3S. The molecular weight excluding hydrogens is 352 g/mol. The first-order valence-electron chi connectivity index (χ1n) is 7.12. The Morgan fingerprint density at radius 2 is 2.08 bits per heavy atom. The van der Waals surface area contributed by atoms with Gasteiger partial charge in [0.05, 0.1) is 6.54 Å². The first-order chi connectivity index (χ1) is 11.5. The van der Waals surface area contributed by atoms with E-state index in [1.54, 1.807) is 17.5 Å². The van der Waals surface area contributed by atoms with Gasteiger partial charge in [0.2, 0.25) is 5.91 Å². The van der Waals surface area contributed by atoms with Gasteiger partial charge in [0, 0.05) is 29.1 Å². The van der Waals surface area contributed by atoms with Crippen LogP contribution in [0.15, 0.2) is 29.6 Å². The first kappa shape index (κ1) is 16.4. The number of carbonyl (C=O) groups excluding carboxylic acids is 3. The lowest BCUT2D eigenvalue weighted by Gasteiger charge is -2.12. The summed E-state index contributed by atoms with van der Waals surface area (Å²) >= 11 is 7.20. The molecule has 0 radical (unpaired) electrons. The third-order valence-electron chi connectivity index (χ3n) is 3.39. The van der Waals surface area contributed by atoms with Crippen LogP contribution in [-0.4, -0.2) is 47.4 Å². The number of rotatable bonds is 5. The van der Waals surface area contributed by atoms with E-state index in [9.17, 15) is 14.4 Å². The monoisotopic (exact) mass is 364 g/mol. The lowest BCUT2D eigenvalue weighted by Crippen LogP contribution is -2.38. The molecule has 1 aliphatic heterocycles. The number of aromatic nitrogens is 1. The van der Waals surface area contributed by atoms with Crippen molar-refractivity contribution >= 4 is 40.8 Å². The molecule has 0 spiro atoms. The van der Waals surface area contributed by atoms with Crippen LogP contribution in [0.3, 0.4) is 0 Å². The summed E-state index contributed by atoms with van der Waals surface area (Å²) < 4.78 is 0. The quantitative estimate of drug-likeness (QED) is 0.790. The number of nitrogens with zero attached hydrogens (tertiary/aromatic N) is 2. The van der Waals surface area contributed by atoms with Crippen LogP contribution in [-0.2, 0) is 4.79 Å². The number of urea groups is 1. The topological polar surface area (TPSA) is 91.4 Å². The summed E-state index contributed by atoms with van der Waals surface area (Å²) in [5.41, 5.74) is 1.17. The molecule has 2 aromatic rings. The maximum absolute atomic E-state index is 12.1. The molecule has 1 aliphatic rings. The van der Waals surface area contributed by atoms with E-state index in [2.05, 4.69) is 15.6 Å². The van der Waals surface area contributed by atoms with E-state index in [0.717, 1.165) is 10.5 Å². The van der Waals surface area contributed by atoms with Crippen LogP contribution in [0.4, 0.5) is 4.79 Å². The zero-order chi connectivity index (χ0) is 17.1. The van der Waals surface area contributed by atoms with Crippen molar-refractivity contribution in [2.75, 3.05) is 19.6 Å². The van der Waals surface area contributed by atoms with Crippen LogP contribution in [0, 0.1) is 0 Å². The number of carbonyl (C=O) groups is 3. The number of hydrogen-bond donors (Lipinski definition) is 2. The standard InChI is InChI=1S/C15H13ClN4O3S/c16-10-3-1-9(2-4-10)14-19-11(8-24-14)13(22)17-5-6-20-12(21)7-18-15(20)23/h1-4,8H,5-7H2,(H,17,22)(H,18,23). The highest BCUT2D eigenvalue weighted by Crippen LogP contribution is 2.25. The van der Waals surface area contributed by atoms with Gasteiger partial charge >= 0.3 is 6.03 Å². The number of imide groups is 1. The van der Waals surface area contributed by atoms with Crippen LogP contribution < -0.4 is 10.6 Å². The Bertz CT molecular complexity index is 774. The normalized spacial score (nSPS) is 14.0. The first-order valence-corrected chi connectivity index (χ1v) is 8.38. The predicted octanol–water partition coefficient (Wildman–Crippen LogP) is 1.75. The minimum atomic E-state index is -0.437. The molecule has 4 amide bonds. The van der Waals surface area contributed by atoms with Crippen molar-refractivity contribution in [3.05, 3.63) is 40.4 Å². The molecule has 1 aromatic carbocycles. The summed E-state index contributed by atoms with van der Waals surface area (Å²) in [6, 6.07) is 6.75. The molecule has 2 heterocycles. The summed E-state index contributed by atoms with van der Waals surface area (Å²) in [6.07, 6.45) is 0. The fourth-order valence-electron chi connectivity index (χ4n) is 2.16. The van der Waals surface area contributed by atoms with Gasteiger partial charge in [-0.1, -0.05) is 23.7 Å². The Balaban J connectivity index is 1.57. The number of nitrogens with one attached hydrogen (secondary N) is 2. The summed E-state index contributed by atoms with van der Waals surface area (Å²) in [5.74, 6) is -0.647. The zero-order valence-electron chi connectivity index (χ0n) is 12.4. The van der Waals surface area contributed by atoms with Gasteiger partial charge in [0.15, 0.2) is 0 Å². The number of thiazole rings is 1. The maximum Gasteiger partial charge on any atom is 0.324 e. The number of amides is 4. The molecule has 0 atom stereocenters. The van der Waals surface area contributed by atoms with Crippen molar-refractivity contribution < 1.29 is 14.4 Å². The predicted molar refractivity (Wildman–Crippen MR) is 90.0 cm³/mol. The lowest BCUT2D eigenvalue weighted by atomic mass is 10.2. The highest BCUT2D eigenvalue weighted by atomic mass is 35.5. The molecule has 1 aromatic heterocycles. The van der Waals surface area contributed by atoms with Crippen LogP contribution in [0.1, 0.15) is 10.5 Å². The molecule has 0 unspecified atom stereocenters. The van der Waals surface area contributed by atoms with E-state index < -0.39 is 6.03 Å². The third-order valence-corrected chi connectivity index (χ3v) is 4.53. The third kappa shape index (κ3) is 3.55. The fraction of sp³-hybridized carbons (Fsp3) is 0.200. The molecule has 9 heteroatoms. The minimum absolute atomic E-state index is 0.00329. The molecule has 0 bridgehead atoms. The molecule has 0 aliphatic carbocycles. The number of hydrogen-bond acceptors (Lipinski definition) is 5. The van der Waals surface area contributed by atoms with Gasteiger partial charge in [0.1, 0.15) is 10.7 Å². The molecule has 7 nitrogen and oxygen atoms in total. The van der Waals surface area contributed by atoms with Gasteiger partial charge in [0.25, 0.3) is 5.91 Å². The van der Waals surface area contributed by atoms with Gasteiger partial charge in [-0.25, -0.2) is 9.78 Å². The Labute approximate surface area is 146 Å². The second-order valence-electron chi connectivity index (χ2n) is 5.00. The van der Waals surface area contributed by atoms with Crippen molar-refractivity contribution in [3.8, 4) is 10.6 Å². The van der Waals surface area contributed by atoms with Crippen LogP contribution in [0.25, 0.3) is 10.6 Å². The molecule has 1 saturated heterocycles. The Hall–Kier alpha value is -2.45. The minimum Gasteiger partial charge on any atom is -0.349 e. The lowest BCUT2D eigenvalue weighted by molar-refractivity contribution is -0.124. The van der Waals surface area contributed by atoms with Crippen molar-refractivity contribution in [2.45, 2.75) is 0 Å². The summed E-state index contributed by atoms with van der Waals surface area (Å²) in [4.78, 5) is 40.3. The molecule has 1 fully saturated rings. The zero-order valence-corrected chi connectivity index (χ0v) is 14.0. The fourth-order valence-corrected chi connectivity index (χ4v) is 3.09.